The average Bonchev–Trinajstić information content (AvgIpc) is 3.38. The zero-order valence-corrected chi connectivity index (χ0v) is 23.4. The number of rotatable bonds is 5. The maximum atomic E-state index is 13.5. The normalized spacial score (nSPS) is 24.1. The Morgan fingerprint density at radius 1 is 1.05 bits per heavy atom. The standard InChI is InChI=1S/C31H41N5O4/c1-20(2)29-31(39)34-25(18-21-12-14-22(15-13-21)40-17-7-11-28(38)35-29)27(37)19-36-16-6-5-10-26(36)30-32-23-8-3-4-9-24(23)33-30/h3-4,8-9,12-15,20,25-27,29,37H,5-7,10-11,16-19H2,1-2H3,(H,32,33)(H,34,39)(H,35,38). The highest BCUT2D eigenvalue weighted by atomic mass is 16.5. The Bertz CT molecular complexity index is 1260. The summed E-state index contributed by atoms with van der Waals surface area (Å²) in [5.74, 6) is 1.09. The molecule has 3 aliphatic heterocycles. The molecule has 214 valence electrons. The number of hydrogen-bond acceptors (Lipinski definition) is 6. The van der Waals surface area contributed by atoms with E-state index in [4.69, 9.17) is 9.72 Å². The predicted molar refractivity (Wildman–Crippen MR) is 154 cm³/mol. The van der Waals surface area contributed by atoms with Crippen molar-refractivity contribution in [2.24, 2.45) is 5.92 Å². The number of fused-ring (bicyclic) bond motifs is 13. The van der Waals surface area contributed by atoms with Gasteiger partial charge in [-0.3, -0.25) is 14.5 Å². The van der Waals surface area contributed by atoms with Crippen LogP contribution in [0.3, 0.4) is 0 Å². The maximum Gasteiger partial charge on any atom is 0.243 e. The lowest BCUT2D eigenvalue weighted by Crippen LogP contribution is -2.56. The first-order valence-electron chi connectivity index (χ1n) is 14.6. The number of H-pyrrole nitrogens is 1. The van der Waals surface area contributed by atoms with E-state index in [0.717, 1.165) is 54.0 Å². The summed E-state index contributed by atoms with van der Waals surface area (Å²) in [5.41, 5.74) is 2.93. The fourth-order valence-corrected chi connectivity index (χ4v) is 5.75. The largest absolute Gasteiger partial charge is 0.494 e. The molecule has 0 radical (unpaired) electrons. The van der Waals surface area contributed by atoms with Crippen molar-refractivity contribution in [2.75, 3.05) is 19.7 Å². The molecule has 0 spiro atoms. The van der Waals surface area contributed by atoms with Gasteiger partial charge in [0.2, 0.25) is 11.8 Å². The van der Waals surface area contributed by atoms with E-state index >= 15 is 0 Å². The molecule has 4 unspecified atom stereocenters. The molecular weight excluding hydrogens is 506 g/mol. The lowest BCUT2D eigenvalue weighted by Gasteiger charge is -2.38. The summed E-state index contributed by atoms with van der Waals surface area (Å²) in [5, 5.41) is 17.6. The SMILES string of the molecule is CC(C)C1NC(=O)CCCOc2ccc(cc2)CC(C(O)CN2CCCCC2c2nc3ccccc3[nH]2)NC1=O. The summed E-state index contributed by atoms with van der Waals surface area (Å²) < 4.78 is 5.80. The number of nitrogens with zero attached hydrogens (tertiary/aromatic N) is 2. The Kier molecular flexibility index (Phi) is 9.01. The van der Waals surface area contributed by atoms with Gasteiger partial charge in [0.25, 0.3) is 0 Å². The molecule has 3 aliphatic rings. The van der Waals surface area contributed by atoms with Gasteiger partial charge >= 0.3 is 0 Å². The molecular formula is C31H41N5O4. The molecule has 4 atom stereocenters. The van der Waals surface area contributed by atoms with E-state index in [0.29, 0.717) is 26.0 Å². The number of aliphatic hydroxyl groups excluding tert-OH is 1. The van der Waals surface area contributed by atoms with Gasteiger partial charge in [-0.25, -0.2) is 4.98 Å². The van der Waals surface area contributed by atoms with Crippen LogP contribution in [-0.2, 0) is 16.0 Å². The van der Waals surface area contributed by atoms with Crippen molar-refractivity contribution in [1.82, 2.24) is 25.5 Å². The summed E-state index contributed by atoms with van der Waals surface area (Å²) in [6.45, 7) is 5.49. The Hall–Kier alpha value is -3.43. The van der Waals surface area contributed by atoms with E-state index in [1.165, 1.54) is 0 Å². The molecule has 4 heterocycles. The number of benzene rings is 2. The number of aromatic nitrogens is 2. The first kappa shape index (κ1) is 28.1. The van der Waals surface area contributed by atoms with Crippen LogP contribution in [-0.4, -0.2) is 69.7 Å². The third kappa shape index (κ3) is 6.82. The predicted octanol–water partition coefficient (Wildman–Crippen LogP) is 3.49. The van der Waals surface area contributed by atoms with Gasteiger partial charge in [-0.2, -0.15) is 0 Å². The molecule has 1 saturated heterocycles. The van der Waals surface area contributed by atoms with E-state index in [2.05, 4.69) is 20.5 Å². The first-order chi connectivity index (χ1) is 19.4. The third-order valence-electron chi connectivity index (χ3n) is 8.01. The summed E-state index contributed by atoms with van der Waals surface area (Å²) >= 11 is 0. The molecule has 2 aromatic carbocycles. The van der Waals surface area contributed by atoms with Gasteiger partial charge in [-0.15, -0.1) is 0 Å². The van der Waals surface area contributed by atoms with Crippen molar-refractivity contribution in [3.05, 3.63) is 59.9 Å². The molecule has 4 N–H and O–H groups in total. The quantitative estimate of drug-likeness (QED) is 0.388. The number of likely N-dealkylation sites (tertiary alicyclic amines) is 1. The highest BCUT2D eigenvalue weighted by Crippen LogP contribution is 2.31. The second-order valence-corrected chi connectivity index (χ2v) is 11.4. The van der Waals surface area contributed by atoms with E-state index < -0.39 is 18.2 Å². The number of nitrogens with one attached hydrogen (secondary N) is 3. The minimum absolute atomic E-state index is 0.0629. The Balaban J connectivity index is 1.37. The molecule has 2 amide bonds. The number of hydrogen-bond donors (Lipinski definition) is 4. The fourth-order valence-electron chi connectivity index (χ4n) is 5.75. The van der Waals surface area contributed by atoms with E-state index in [-0.39, 0.29) is 30.2 Å². The van der Waals surface area contributed by atoms with Crippen LogP contribution in [0.2, 0.25) is 0 Å². The number of ether oxygens (including phenoxy) is 1. The number of β-amino-alcohol motifs (C(OH)–C–C–N with tert-alkyl or cyclic N) is 1. The highest BCUT2D eigenvalue weighted by Gasteiger charge is 2.33. The van der Waals surface area contributed by atoms with Gasteiger partial charge in [0, 0.05) is 13.0 Å². The van der Waals surface area contributed by atoms with Crippen LogP contribution < -0.4 is 15.4 Å². The van der Waals surface area contributed by atoms with E-state index in [9.17, 15) is 14.7 Å². The van der Waals surface area contributed by atoms with Crippen molar-refractivity contribution in [3.63, 3.8) is 0 Å². The van der Waals surface area contributed by atoms with Crippen molar-refractivity contribution in [2.45, 2.75) is 76.6 Å². The highest BCUT2D eigenvalue weighted by molar-refractivity contribution is 5.88. The van der Waals surface area contributed by atoms with Crippen LogP contribution in [0.5, 0.6) is 5.75 Å². The van der Waals surface area contributed by atoms with Gasteiger partial charge in [-0.1, -0.05) is 44.5 Å². The molecule has 2 bridgehead atoms. The number of amides is 2. The van der Waals surface area contributed by atoms with Crippen molar-refractivity contribution in [1.29, 1.82) is 0 Å². The second-order valence-electron chi connectivity index (χ2n) is 11.4. The third-order valence-corrected chi connectivity index (χ3v) is 8.01. The van der Waals surface area contributed by atoms with Gasteiger partial charge in [-0.05, 0) is 68.0 Å². The van der Waals surface area contributed by atoms with Gasteiger partial charge in [0.15, 0.2) is 0 Å². The topological polar surface area (TPSA) is 120 Å². The fraction of sp³-hybridized carbons (Fsp3) is 0.516. The number of piperidine rings is 1. The van der Waals surface area contributed by atoms with Crippen LogP contribution in [0.4, 0.5) is 0 Å². The number of carbonyl (C=O) groups excluding carboxylic acids is 2. The minimum atomic E-state index is -0.830. The lowest BCUT2D eigenvalue weighted by molar-refractivity contribution is -0.131. The number of carbonyl (C=O) groups is 2. The molecule has 1 aromatic heterocycles. The second kappa shape index (κ2) is 12.8. The van der Waals surface area contributed by atoms with Crippen LogP contribution in [0.1, 0.15) is 63.4 Å². The molecule has 0 saturated carbocycles. The lowest BCUT2D eigenvalue weighted by atomic mass is 9.96. The summed E-state index contributed by atoms with van der Waals surface area (Å²) in [6, 6.07) is 14.6. The van der Waals surface area contributed by atoms with Crippen molar-refractivity contribution >= 4 is 22.8 Å². The molecule has 0 aliphatic carbocycles. The van der Waals surface area contributed by atoms with Gasteiger partial charge in [0.05, 0.1) is 35.8 Å². The van der Waals surface area contributed by atoms with Crippen LogP contribution in [0.15, 0.2) is 48.5 Å². The zero-order chi connectivity index (χ0) is 28.1. The maximum absolute atomic E-state index is 13.5. The Morgan fingerprint density at radius 2 is 1.85 bits per heavy atom. The Labute approximate surface area is 235 Å². The summed E-state index contributed by atoms with van der Waals surface area (Å²) in [4.78, 5) is 36.7. The summed E-state index contributed by atoms with van der Waals surface area (Å²) in [6.07, 6.45) is 3.55. The first-order valence-corrected chi connectivity index (χ1v) is 14.6. The molecule has 6 rings (SSSR count). The number of aliphatic hydroxyl groups is 1. The smallest absolute Gasteiger partial charge is 0.243 e. The van der Waals surface area contributed by atoms with Crippen LogP contribution in [0.25, 0.3) is 11.0 Å². The molecule has 9 nitrogen and oxygen atoms in total. The number of imidazole rings is 1. The molecule has 9 heteroatoms. The molecule has 40 heavy (non-hydrogen) atoms. The molecule has 3 aromatic rings. The van der Waals surface area contributed by atoms with Crippen molar-refractivity contribution in [3.8, 4) is 5.75 Å². The van der Waals surface area contributed by atoms with Crippen LogP contribution in [0, 0.1) is 5.92 Å². The Morgan fingerprint density at radius 3 is 2.62 bits per heavy atom. The minimum Gasteiger partial charge on any atom is -0.494 e. The number of para-hydroxylation sites is 2. The average molecular weight is 548 g/mol. The van der Waals surface area contributed by atoms with Gasteiger partial charge < -0.3 is 25.5 Å². The number of aromatic amines is 1. The van der Waals surface area contributed by atoms with E-state index in [1.807, 2.05) is 62.4 Å². The van der Waals surface area contributed by atoms with Gasteiger partial charge in [0.1, 0.15) is 17.6 Å². The van der Waals surface area contributed by atoms with Crippen LogP contribution >= 0.6 is 0 Å². The van der Waals surface area contributed by atoms with E-state index in [1.54, 1.807) is 0 Å². The zero-order valence-electron chi connectivity index (χ0n) is 23.4. The molecule has 1 fully saturated rings. The van der Waals surface area contributed by atoms with Crippen molar-refractivity contribution < 1.29 is 19.4 Å². The summed E-state index contributed by atoms with van der Waals surface area (Å²) in [7, 11) is 0. The monoisotopic (exact) mass is 547 g/mol.